The van der Waals surface area contributed by atoms with E-state index in [9.17, 15) is 18.5 Å². The molecule has 0 aliphatic rings. The summed E-state index contributed by atoms with van der Waals surface area (Å²) in [5, 5.41) is 20.3. The highest BCUT2D eigenvalue weighted by molar-refractivity contribution is 7.89. The first-order valence-corrected chi connectivity index (χ1v) is 8.53. The number of hydrogen-bond donors (Lipinski definition) is 2. The van der Waals surface area contributed by atoms with Crippen molar-refractivity contribution < 1.29 is 18.1 Å². The summed E-state index contributed by atoms with van der Waals surface area (Å²) in [6.07, 6.45) is 0. The summed E-state index contributed by atoms with van der Waals surface area (Å²) >= 11 is 0. The summed E-state index contributed by atoms with van der Waals surface area (Å²) in [6, 6.07) is 10.4. The fourth-order valence-corrected chi connectivity index (χ4v) is 2.62. The van der Waals surface area contributed by atoms with E-state index in [1.165, 1.54) is 19.2 Å². The number of benzene rings is 2. The normalized spacial score (nSPS) is 11.9. The quantitative estimate of drug-likeness (QED) is 0.457. The number of ether oxygens (including phenoxy) is 1. The Morgan fingerprint density at radius 1 is 1.28 bits per heavy atom. The molecule has 0 unspecified atom stereocenters. The van der Waals surface area contributed by atoms with E-state index in [-0.39, 0.29) is 10.6 Å². The minimum absolute atomic E-state index is 0.0339. The maximum atomic E-state index is 11.3. The lowest BCUT2D eigenvalue weighted by Crippen LogP contribution is -2.12. The third kappa shape index (κ3) is 4.31. The molecule has 2 aromatic rings. The lowest BCUT2D eigenvalue weighted by Gasteiger charge is -2.09. The molecule has 25 heavy (non-hydrogen) atoms. The van der Waals surface area contributed by atoms with E-state index in [0.717, 1.165) is 6.07 Å². The van der Waals surface area contributed by atoms with Gasteiger partial charge in [-0.1, -0.05) is 12.1 Å². The van der Waals surface area contributed by atoms with Crippen LogP contribution < -0.4 is 15.3 Å². The van der Waals surface area contributed by atoms with Gasteiger partial charge in [0.05, 0.1) is 22.6 Å². The van der Waals surface area contributed by atoms with Crippen LogP contribution in [-0.4, -0.2) is 26.2 Å². The van der Waals surface area contributed by atoms with Gasteiger partial charge in [0.25, 0.3) is 5.69 Å². The van der Waals surface area contributed by atoms with Crippen LogP contribution in [0.1, 0.15) is 12.5 Å². The number of methoxy groups -OCH3 is 1. The summed E-state index contributed by atoms with van der Waals surface area (Å²) in [6.45, 7) is 1.70. The van der Waals surface area contributed by atoms with E-state index < -0.39 is 20.6 Å². The Bertz CT molecular complexity index is 941. The number of anilines is 1. The van der Waals surface area contributed by atoms with E-state index in [1.807, 2.05) is 0 Å². The van der Waals surface area contributed by atoms with Crippen LogP contribution in [-0.2, 0) is 10.0 Å². The third-order valence-electron chi connectivity index (χ3n) is 3.34. The van der Waals surface area contributed by atoms with Crippen molar-refractivity contribution in [1.82, 2.24) is 0 Å². The zero-order valence-corrected chi connectivity index (χ0v) is 14.3. The number of hydrogen-bond acceptors (Lipinski definition) is 7. The number of nitrogens with two attached hydrogens (primary N) is 1. The lowest BCUT2D eigenvalue weighted by molar-refractivity contribution is -0.384. The van der Waals surface area contributed by atoms with Gasteiger partial charge in [-0.3, -0.25) is 15.5 Å². The number of primary sulfonamides is 1. The Labute approximate surface area is 144 Å². The van der Waals surface area contributed by atoms with E-state index in [4.69, 9.17) is 9.88 Å². The Balaban J connectivity index is 2.38. The van der Waals surface area contributed by atoms with Crippen molar-refractivity contribution in [2.24, 2.45) is 10.2 Å². The van der Waals surface area contributed by atoms with E-state index in [2.05, 4.69) is 10.5 Å². The first-order valence-electron chi connectivity index (χ1n) is 6.99. The van der Waals surface area contributed by atoms with E-state index in [1.54, 1.807) is 31.2 Å². The molecule has 0 spiro atoms. The van der Waals surface area contributed by atoms with Crippen molar-refractivity contribution in [2.75, 3.05) is 12.5 Å². The van der Waals surface area contributed by atoms with Crippen molar-refractivity contribution in [2.45, 2.75) is 11.8 Å². The second-order valence-corrected chi connectivity index (χ2v) is 6.55. The van der Waals surface area contributed by atoms with Crippen LogP contribution in [0.3, 0.4) is 0 Å². The number of sulfonamides is 1. The number of nitro benzene ring substituents is 1. The molecule has 0 saturated carbocycles. The molecular formula is C15H16N4O5S. The molecule has 0 heterocycles. The van der Waals surface area contributed by atoms with Crippen LogP contribution in [0.2, 0.25) is 0 Å². The summed E-state index contributed by atoms with van der Waals surface area (Å²) in [5.74, 6) is 0.602. The minimum atomic E-state index is -4.04. The third-order valence-corrected chi connectivity index (χ3v) is 4.25. The molecule has 132 valence electrons. The average Bonchev–Trinajstić information content (AvgIpc) is 2.58. The fraction of sp³-hybridized carbons (Fsp3) is 0.133. The molecule has 9 nitrogen and oxygen atoms in total. The molecule has 10 heteroatoms. The highest BCUT2D eigenvalue weighted by Gasteiger charge is 2.19. The maximum absolute atomic E-state index is 11.3. The predicted octanol–water partition coefficient (Wildman–Crippen LogP) is 2.09. The zero-order chi connectivity index (χ0) is 18.6. The smallest absolute Gasteiger partial charge is 0.295 e. The van der Waals surface area contributed by atoms with Gasteiger partial charge in [-0.25, -0.2) is 13.6 Å². The van der Waals surface area contributed by atoms with E-state index in [0.29, 0.717) is 17.0 Å². The minimum Gasteiger partial charge on any atom is -0.496 e. The number of nitrogens with zero attached hydrogens (tertiary/aromatic N) is 2. The molecule has 0 aliphatic carbocycles. The second kappa shape index (κ2) is 7.28. The van der Waals surface area contributed by atoms with Crippen LogP contribution in [0.15, 0.2) is 52.5 Å². The molecule has 0 aliphatic heterocycles. The molecule has 0 fully saturated rings. The maximum Gasteiger partial charge on any atom is 0.295 e. The summed E-state index contributed by atoms with van der Waals surface area (Å²) in [4.78, 5) is 10.1. The number of hydrazone groups is 1. The van der Waals surface area contributed by atoms with Gasteiger partial charge in [0.1, 0.15) is 11.4 Å². The first-order chi connectivity index (χ1) is 11.7. The molecule has 0 bridgehead atoms. The number of rotatable bonds is 6. The van der Waals surface area contributed by atoms with Gasteiger partial charge < -0.3 is 4.74 Å². The largest absolute Gasteiger partial charge is 0.496 e. The molecule has 0 atom stereocenters. The van der Waals surface area contributed by atoms with Crippen LogP contribution in [0, 0.1) is 10.1 Å². The van der Waals surface area contributed by atoms with Crippen molar-refractivity contribution in [1.29, 1.82) is 0 Å². The Kier molecular flexibility index (Phi) is 5.35. The molecule has 2 aromatic carbocycles. The second-order valence-electron chi connectivity index (χ2n) is 4.99. The van der Waals surface area contributed by atoms with Gasteiger partial charge >= 0.3 is 0 Å². The van der Waals surface area contributed by atoms with Crippen molar-refractivity contribution >= 4 is 27.1 Å². The van der Waals surface area contributed by atoms with Crippen LogP contribution >= 0.6 is 0 Å². The van der Waals surface area contributed by atoms with Crippen molar-refractivity contribution in [3.63, 3.8) is 0 Å². The highest BCUT2D eigenvalue weighted by Crippen LogP contribution is 2.27. The number of nitrogens with one attached hydrogen (secondary N) is 1. The monoisotopic (exact) mass is 364 g/mol. The van der Waals surface area contributed by atoms with E-state index >= 15 is 0 Å². The Morgan fingerprint density at radius 3 is 2.56 bits per heavy atom. The van der Waals surface area contributed by atoms with Gasteiger partial charge in [0.2, 0.25) is 10.0 Å². The van der Waals surface area contributed by atoms with Crippen molar-refractivity contribution in [3.8, 4) is 5.75 Å². The van der Waals surface area contributed by atoms with Crippen LogP contribution in [0.25, 0.3) is 0 Å². The molecule has 0 aromatic heterocycles. The zero-order valence-electron chi connectivity index (χ0n) is 13.5. The summed E-state index contributed by atoms with van der Waals surface area (Å²) < 4.78 is 27.9. The highest BCUT2D eigenvalue weighted by atomic mass is 32.2. The van der Waals surface area contributed by atoms with Crippen LogP contribution in [0.5, 0.6) is 5.75 Å². The van der Waals surface area contributed by atoms with Gasteiger partial charge in [-0.15, -0.1) is 0 Å². The predicted molar refractivity (Wildman–Crippen MR) is 93.3 cm³/mol. The molecule has 3 N–H and O–H groups in total. The van der Waals surface area contributed by atoms with Gasteiger partial charge in [-0.05, 0) is 31.2 Å². The van der Waals surface area contributed by atoms with Gasteiger partial charge in [0, 0.05) is 11.6 Å². The SMILES string of the molecule is COc1ccccc1/C(C)=N\Nc1ccc(S(N)(=O)=O)cc1[N+](=O)[O-]. The molecule has 0 saturated heterocycles. The van der Waals surface area contributed by atoms with Crippen LogP contribution in [0.4, 0.5) is 11.4 Å². The average molecular weight is 364 g/mol. The van der Waals surface area contributed by atoms with Crippen molar-refractivity contribution in [3.05, 3.63) is 58.1 Å². The standard InChI is InChI=1S/C15H16N4O5S/c1-10(12-5-3-4-6-15(12)24-2)17-18-13-8-7-11(25(16,22)23)9-14(13)19(20)21/h3-9,18H,1-2H3,(H2,16,22,23)/b17-10-. The number of para-hydroxylation sites is 1. The summed E-state index contributed by atoms with van der Waals surface area (Å²) in [5.41, 5.74) is 3.40. The Morgan fingerprint density at radius 2 is 1.96 bits per heavy atom. The molecular weight excluding hydrogens is 348 g/mol. The summed E-state index contributed by atoms with van der Waals surface area (Å²) in [7, 11) is -2.52. The first kappa shape index (κ1) is 18.4. The lowest BCUT2D eigenvalue weighted by atomic mass is 10.1. The van der Waals surface area contributed by atoms with Gasteiger partial charge in [-0.2, -0.15) is 5.10 Å². The molecule has 2 rings (SSSR count). The fourth-order valence-electron chi connectivity index (χ4n) is 2.08. The molecule has 0 amide bonds. The topological polar surface area (TPSA) is 137 Å². The molecule has 0 radical (unpaired) electrons. The van der Waals surface area contributed by atoms with Gasteiger partial charge in [0.15, 0.2) is 0 Å². The Hall–Kier alpha value is -2.98. The number of nitro groups is 1.